The smallest absolute Gasteiger partial charge is 0.400 e. The highest BCUT2D eigenvalue weighted by Gasteiger charge is 2.13. The lowest BCUT2D eigenvalue weighted by Crippen LogP contribution is -2.11. The minimum atomic E-state index is -0.639. The van der Waals surface area contributed by atoms with Crippen molar-refractivity contribution < 1.29 is 14.3 Å². The van der Waals surface area contributed by atoms with Gasteiger partial charge in [-0.15, -0.1) is 11.3 Å². The topological polar surface area (TPSA) is 129 Å². The zero-order valence-corrected chi connectivity index (χ0v) is 16.5. The van der Waals surface area contributed by atoms with Crippen LogP contribution in [0.1, 0.15) is 5.76 Å². The van der Waals surface area contributed by atoms with E-state index in [4.69, 9.17) is 4.42 Å². The van der Waals surface area contributed by atoms with E-state index in [1.54, 1.807) is 17.5 Å². The summed E-state index contributed by atoms with van der Waals surface area (Å²) < 4.78 is 6.62. The minimum absolute atomic E-state index is 0.0533. The molecule has 4 aromatic rings. The number of benzene rings is 2. The van der Waals surface area contributed by atoms with E-state index < -0.39 is 15.7 Å². The predicted molar refractivity (Wildman–Crippen MR) is 114 cm³/mol. The number of furan rings is 1. The van der Waals surface area contributed by atoms with E-state index in [2.05, 4.69) is 10.1 Å². The van der Waals surface area contributed by atoms with Crippen LogP contribution in [-0.4, -0.2) is 20.7 Å². The molecule has 154 valence electrons. The summed E-state index contributed by atoms with van der Waals surface area (Å²) in [6, 6.07) is 18.1. The zero-order valence-electron chi connectivity index (χ0n) is 15.7. The van der Waals surface area contributed by atoms with E-state index in [9.17, 15) is 20.2 Å². The number of nitro groups is 2. The van der Waals surface area contributed by atoms with Crippen molar-refractivity contribution in [2.24, 2.45) is 10.1 Å². The van der Waals surface area contributed by atoms with E-state index in [0.717, 1.165) is 0 Å². The van der Waals surface area contributed by atoms with Crippen molar-refractivity contribution in [3.63, 3.8) is 0 Å². The number of para-hydroxylation sites is 1. The van der Waals surface area contributed by atoms with Crippen LogP contribution in [0, 0.1) is 20.2 Å². The summed E-state index contributed by atoms with van der Waals surface area (Å²) in [6.07, 6.45) is 1.32. The van der Waals surface area contributed by atoms with Crippen LogP contribution >= 0.6 is 11.3 Å². The number of hydrogen-bond acceptors (Lipinski definition) is 8. The number of nitro benzene ring substituents is 1. The van der Waals surface area contributed by atoms with Gasteiger partial charge in [-0.3, -0.25) is 20.2 Å². The predicted octanol–water partition coefficient (Wildman–Crippen LogP) is 4.74. The van der Waals surface area contributed by atoms with Crippen LogP contribution in [0.4, 0.5) is 17.3 Å². The summed E-state index contributed by atoms with van der Waals surface area (Å²) in [6.45, 7) is 0. The van der Waals surface area contributed by atoms with Crippen LogP contribution in [0.3, 0.4) is 0 Å². The number of aromatic nitrogens is 1. The molecule has 0 unspecified atom stereocenters. The average molecular weight is 435 g/mol. The summed E-state index contributed by atoms with van der Waals surface area (Å²) in [5, 5.41) is 28.2. The first-order valence-electron chi connectivity index (χ1n) is 8.85. The highest BCUT2D eigenvalue weighted by atomic mass is 32.1. The second-order valence-corrected chi connectivity index (χ2v) is 6.98. The van der Waals surface area contributed by atoms with E-state index in [0.29, 0.717) is 21.7 Å². The molecule has 0 N–H and O–H groups in total. The highest BCUT2D eigenvalue weighted by Crippen LogP contribution is 2.25. The van der Waals surface area contributed by atoms with Crippen molar-refractivity contribution in [3.05, 3.63) is 103 Å². The maximum Gasteiger partial charge on any atom is 0.433 e. The molecule has 4 rings (SSSR count). The van der Waals surface area contributed by atoms with Crippen molar-refractivity contribution in [1.82, 2.24) is 4.68 Å². The van der Waals surface area contributed by atoms with Gasteiger partial charge in [0.1, 0.15) is 4.92 Å². The van der Waals surface area contributed by atoms with Gasteiger partial charge in [-0.25, -0.2) is 9.67 Å². The number of nitrogens with zero attached hydrogens (tertiary/aromatic N) is 5. The third-order valence-electron chi connectivity index (χ3n) is 4.11. The first-order chi connectivity index (χ1) is 15.0. The molecule has 10 nitrogen and oxygen atoms in total. The monoisotopic (exact) mass is 435 g/mol. The normalized spacial score (nSPS) is 11.8. The molecule has 0 fully saturated rings. The molecule has 0 bridgehead atoms. The molecular weight excluding hydrogens is 422 g/mol. The molecular formula is C20H13N5O5S. The van der Waals surface area contributed by atoms with Crippen LogP contribution in [-0.2, 0) is 0 Å². The lowest BCUT2D eigenvalue weighted by Gasteiger charge is -2.03. The molecule has 0 saturated heterocycles. The quantitative estimate of drug-likeness (QED) is 0.245. The standard InChI is InChI=1S/C20H13N5O5S/c26-24(27)16-8-4-5-14(11-16)18-13-31-20(22-15-6-2-1-3-7-15)23(18)21-12-17-9-10-19(30-17)25(28)29/h1-13H. The Morgan fingerprint density at radius 3 is 2.48 bits per heavy atom. The molecule has 0 radical (unpaired) electrons. The second-order valence-electron chi connectivity index (χ2n) is 6.15. The number of hydrogen-bond donors (Lipinski definition) is 0. The number of thiazole rings is 1. The molecule has 0 spiro atoms. The lowest BCUT2D eigenvalue weighted by atomic mass is 10.1. The molecule has 2 aromatic carbocycles. The maximum absolute atomic E-state index is 11.2. The Kier molecular flexibility index (Phi) is 5.49. The summed E-state index contributed by atoms with van der Waals surface area (Å²) in [5.41, 5.74) is 1.79. The molecule has 2 heterocycles. The Morgan fingerprint density at radius 2 is 1.77 bits per heavy atom. The number of non-ortho nitro benzene ring substituents is 1. The Balaban J connectivity index is 1.83. The fourth-order valence-corrected chi connectivity index (χ4v) is 3.56. The molecule has 2 aromatic heterocycles. The summed E-state index contributed by atoms with van der Waals surface area (Å²) in [4.78, 5) is 26.0. The first kappa shape index (κ1) is 19.9. The second kappa shape index (κ2) is 8.55. The molecule has 0 aliphatic heterocycles. The Labute approximate surface area is 178 Å². The Bertz CT molecular complexity index is 1350. The van der Waals surface area contributed by atoms with E-state index in [1.807, 2.05) is 30.3 Å². The summed E-state index contributed by atoms with van der Waals surface area (Å²) in [7, 11) is 0. The van der Waals surface area contributed by atoms with Gasteiger partial charge in [0.2, 0.25) is 4.80 Å². The molecule has 11 heteroatoms. The van der Waals surface area contributed by atoms with Gasteiger partial charge in [0, 0.05) is 23.1 Å². The van der Waals surface area contributed by atoms with Crippen LogP contribution in [0.5, 0.6) is 0 Å². The third kappa shape index (κ3) is 4.46. The summed E-state index contributed by atoms with van der Waals surface area (Å²) in [5.74, 6) is -0.217. The molecule has 0 aliphatic rings. The van der Waals surface area contributed by atoms with Gasteiger partial charge in [0.15, 0.2) is 5.76 Å². The van der Waals surface area contributed by atoms with Gasteiger partial charge in [0.05, 0.1) is 28.6 Å². The molecule has 0 saturated carbocycles. The average Bonchev–Trinajstić information content (AvgIpc) is 3.40. The minimum Gasteiger partial charge on any atom is -0.400 e. The largest absolute Gasteiger partial charge is 0.433 e. The van der Waals surface area contributed by atoms with E-state index in [1.165, 1.54) is 46.5 Å². The highest BCUT2D eigenvalue weighted by molar-refractivity contribution is 7.07. The molecule has 0 aliphatic carbocycles. The molecule has 31 heavy (non-hydrogen) atoms. The van der Waals surface area contributed by atoms with Crippen molar-refractivity contribution in [3.8, 4) is 11.3 Å². The van der Waals surface area contributed by atoms with Gasteiger partial charge >= 0.3 is 5.88 Å². The van der Waals surface area contributed by atoms with Crippen LogP contribution in [0.25, 0.3) is 11.3 Å². The third-order valence-corrected chi connectivity index (χ3v) is 4.93. The maximum atomic E-state index is 11.2. The van der Waals surface area contributed by atoms with Crippen LogP contribution < -0.4 is 4.80 Å². The van der Waals surface area contributed by atoms with Gasteiger partial charge in [0.25, 0.3) is 5.69 Å². The SMILES string of the molecule is O=[N+]([O-])c1cccc(-c2csc(=Nc3ccccc3)n2N=Cc2ccc([N+](=O)[O-])o2)c1. The Morgan fingerprint density at radius 1 is 0.968 bits per heavy atom. The van der Waals surface area contributed by atoms with Crippen molar-refractivity contribution >= 4 is 34.8 Å². The van der Waals surface area contributed by atoms with E-state index >= 15 is 0 Å². The first-order valence-corrected chi connectivity index (χ1v) is 9.73. The lowest BCUT2D eigenvalue weighted by molar-refractivity contribution is -0.402. The molecule has 0 amide bonds. The fourth-order valence-electron chi connectivity index (χ4n) is 2.70. The fraction of sp³-hybridized carbons (Fsp3) is 0. The van der Waals surface area contributed by atoms with E-state index in [-0.39, 0.29) is 11.4 Å². The van der Waals surface area contributed by atoms with Gasteiger partial charge in [-0.1, -0.05) is 30.3 Å². The van der Waals surface area contributed by atoms with Crippen LogP contribution in [0.15, 0.2) is 86.6 Å². The van der Waals surface area contributed by atoms with Gasteiger partial charge < -0.3 is 4.42 Å². The van der Waals surface area contributed by atoms with Crippen LogP contribution in [0.2, 0.25) is 0 Å². The van der Waals surface area contributed by atoms with Crippen molar-refractivity contribution in [2.45, 2.75) is 0 Å². The number of rotatable bonds is 6. The zero-order chi connectivity index (χ0) is 21.8. The van der Waals surface area contributed by atoms with Crippen molar-refractivity contribution in [2.75, 3.05) is 0 Å². The van der Waals surface area contributed by atoms with Gasteiger partial charge in [-0.05, 0) is 18.2 Å². The molecule has 0 atom stereocenters. The summed E-state index contributed by atoms with van der Waals surface area (Å²) >= 11 is 1.30. The van der Waals surface area contributed by atoms with Crippen molar-refractivity contribution in [1.29, 1.82) is 0 Å². The Hall–Kier alpha value is -4.38. The van der Waals surface area contributed by atoms with Gasteiger partial charge in [-0.2, -0.15) is 5.10 Å².